The molecule has 1 aliphatic heterocycles. The average Bonchev–Trinajstić information content (AvgIpc) is 2.97. The predicted molar refractivity (Wildman–Crippen MR) is 105 cm³/mol. The Morgan fingerprint density at radius 2 is 1.68 bits per heavy atom. The van der Waals surface area contributed by atoms with E-state index in [0.29, 0.717) is 16.1 Å². The molecule has 0 unspecified atom stereocenters. The SMILES string of the molecule is COC(CN1C(=O)C(=O)C(=C(O)c2ccccc2)[C@H]1c1ccccc1Cl)OC. The van der Waals surface area contributed by atoms with Crippen LogP contribution < -0.4 is 0 Å². The minimum Gasteiger partial charge on any atom is -0.507 e. The fourth-order valence-corrected chi connectivity index (χ4v) is 3.49. The summed E-state index contributed by atoms with van der Waals surface area (Å²) in [6, 6.07) is 14.6. The molecule has 3 rings (SSSR count). The van der Waals surface area contributed by atoms with E-state index in [1.54, 1.807) is 54.6 Å². The molecule has 0 spiro atoms. The molecular weight excluding hydrogens is 382 g/mol. The number of nitrogens with zero attached hydrogens (tertiary/aromatic N) is 1. The third kappa shape index (κ3) is 3.67. The number of aliphatic hydroxyl groups is 1. The summed E-state index contributed by atoms with van der Waals surface area (Å²) >= 11 is 6.37. The van der Waals surface area contributed by atoms with E-state index in [9.17, 15) is 14.7 Å². The van der Waals surface area contributed by atoms with Crippen molar-refractivity contribution in [1.82, 2.24) is 4.90 Å². The number of benzene rings is 2. The van der Waals surface area contributed by atoms with Crippen LogP contribution in [0.15, 0.2) is 60.2 Å². The standard InChI is InChI=1S/C21H20ClNO5/c1-27-16(28-2)12-23-18(14-10-6-7-11-15(14)22)17(20(25)21(23)26)19(24)13-8-4-3-5-9-13/h3-11,16,18,24H,12H2,1-2H3/t18-/m1/s1. The number of carbonyl (C=O) groups excluding carboxylic acids is 2. The average molecular weight is 402 g/mol. The van der Waals surface area contributed by atoms with E-state index in [0.717, 1.165) is 0 Å². The van der Waals surface area contributed by atoms with Crippen molar-refractivity contribution in [2.45, 2.75) is 12.3 Å². The zero-order chi connectivity index (χ0) is 20.3. The maximum absolute atomic E-state index is 12.8. The first-order valence-corrected chi connectivity index (χ1v) is 9.01. The van der Waals surface area contributed by atoms with Gasteiger partial charge >= 0.3 is 0 Å². The summed E-state index contributed by atoms with van der Waals surface area (Å²) in [7, 11) is 2.89. The van der Waals surface area contributed by atoms with E-state index < -0.39 is 24.0 Å². The second-order valence-corrected chi connectivity index (χ2v) is 6.65. The maximum atomic E-state index is 12.8. The molecule has 0 bridgehead atoms. The summed E-state index contributed by atoms with van der Waals surface area (Å²) in [6.07, 6.45) is -0.736. The molecule has 1 saturated heterocycles. The van der Waals surface area contributed by atoms with Crippen molar-refractivity contribution in [3.05, 3.63) is 76.3 Å². The lowest BCUT2D eigenvalue weighted by Crippen LogP contribution is -2.38. The van der Waals surface area contributed by atoms with Crippen molar-refractivity contribution in [1.29, 1.82) is 0 Å². The van der Waals surface area contributed by atoms with E-state index in [1.807, 2.05) is 0 Å². The Morgan fingerprint density at radius 1 is 1.07 bits per heavy atom. The van der Waals surface area contributed by atoms with E-state index in [2.05, 4.69) is 0 Å². The second-order valence-electron chi connectivity index (χ2n) is 6.24. The number of Topliss-reactive ketones (excluding diaryl/α,β-unsaturated/α-hetero) is 1. The van der Waals surface area contributed by atoms with Crippen molar-refractivity contribution in [2.24, 2.45) is 0 Å². The topological polar surface area (TPSA) is 76.1 Å². The molecule has 0 aliphatic carbocycles. The highest BCUT2D eigenvalue weighted by molar-refractivity contribution is 6.47. The first-order chi connectivity index (χ1) is 13.5. The summed E-state index contributed by atoms with van der Waals surface area (Å²) in [5.41, 5.74) is 0.953. The summed E-state index contributed by atoms with van der Waals surface area (Å²) in [5, 5.41) is 11.3. The molecule has 2 aromatic rings. The third-order valence-corrected chi connectivity index (χ3v) is 5.00. The van der Waals surface area contributed by atoms with Crippen molar-refractivity contribution < 1.29 is 24.2 Å². The molecule has 0 radical (unpaired) electrons. The summed E-state index contributed by atoms with van der Waals surface area (Å²) < 4.78 is 10.4. The Hall–Kier alpha value is -2.67. The number of aliphatic hydroxyl groups excluding tert-OH is 1. The molecule has 146 valence electrons. The first-order valence-electron chi connectivity index (χ1n) is 8.63. The summed E-state index contributed by atoms with van der Waals surface area (Å²) in [4.78, 5) is 27.0. The lowest BCUT2D eigenvalue weighted by Gasteiger charge is -2.28. The number of methoxy groups -OCH3 is 2. The Morgan fingerprint density at radius 3 is 2.29 bits per heavy atom. The molecule has 1 N–H and O–H groups in total. The molecule has 1 aliphatic rings. The maximum Gasteiger partial charge on any atom is 0.295 e. The van der Waals surface area contributed by atoms with Crippen molar-refractivity contribution in [3.63, 3.8) is 0 Å². The van der Waals surface area contributed by atoms with Crippen molar-refractivity contribution >= 4 is 29.1 Å². The fraction of sp³-hybridized carbons (Fsp3) is 0.238. The van der Waals surface area contributed by atoms with Gasteiger partial charge in [-0.05, 0) is 11.6 Å². The van der Waals surface area contributed by atoms with Crippen LogP contribution in [0.25, 0.3) is 5.76 Å². The Balaban J connectivity index is 2.18. The molecular formula is C21H20ClNO5. The lowest BCUT2D eigenvalue weighted by molar-refractivity contribution is -0.149. The first kappa shape index (κ1) is 20.1. The smallest absolute Gasteiger partial charge is 0.295 e. The van der Waals surface area contributed by atoms with Gasteiger partial charge in [0.05, 0.1) is 18.2 Å². The molecule has 2 aromatic carbocycles. The van der Waals surface area contributed by atoms with Crippen molar-refractivity contribution in [2.75, 3.05) is 20.8 Å². The van der Waals surface area contributed by atoms with Gasteiger partial charge in [0, 0.05) is 24.8 Å². The van der Waals surface area contributed by atoms with Gasteiger partial charge in [0.1, 0.15) is 5.76 Å². The van der Waals surface area contributed by atoms with E-state index in [-0.39, 0.29) is 17.9 Å². The van der Waals surface area contributed by atoms with Gasteiger partial charge in [0.2, 0.25) is 0 Å². The van der Waals surface area contributed by atoms with Crippen LogP contribution >= 0.6 is 11.6 Å². The highest BCUT2D eigenvalue weighted by atomic mass is 35.5. The van der Waals surface area contributed by atoms with Crippen LogP contribution in [0, 0.1) is 0 Å². The van der Waals surface area contributed by atoms with Crippen LogP contribution in [-0.4, -0.2) is 48.8 Å². The van der Waals surface area contributed by atoms with Crippen LogP contribution in [0.5, 0.6) is 0 Å². The van der Waals surface area contributed by atoms with Gasteiger partial charge in [-0.2, -0.15) is 0 Å². The fourth-order valence-electron chi connectivity index (χ4n) is 3.25. The number of hydrogen-bond donors (Lipinski definition) is 1. The highest BCUT2D eigenvalue weighted by Gasteiger charge is 2.47. The number of ketones is 1. The van der Waals surface area contributed by atoms with Crippen LogP contribution in [-0.2, 0) is 19.1 Å². The number of carbonyl (C=O) groups is 2. The largest absolute Gasteiger partial charge is 0.507 e. The van der Waals surface area contributed by atoms with Crippen LogP contribution in [0.1, 0.15) is 17.2 Å². The van der Waals surface area contributed by atoms with Gasteiger partial charge < -0.3 is 19.5 Å². The highest BCUT2D eigenvalue weighted by Crippen LogP contribution is 2.41. The molecule has 0 saturated carbocycles. The number of amides is 1. The summed E-state index contributed by atoms with van der Waals surface area (Å²) in [5.74, 6) is -1.78. The molecule has 1 fully saturated rings. The monoisotopic (exact) mass is 401 g/mol. The summed E-state index contributed by atoms with van der Waals surface area (Å²) in [6.45, 7) is -0.000959. The minimum atomic E-state index is -0.860. The van der Waals surface area contributed by atoms with Crippen LogP contribution in [0.2, 0.25) is 5.02 Å². The Bertz CT molecular complexity index is 908. The second kappa shape index (κ2) is 8.56. The number of likely N-dealkylation sites (tertiary alicyclic amines) is 1. The molecule has 6 nitrogen and oxygen atoms in total. The molecule has 1 amide bonds. The number of ether oxygens (including phenoxy) is 2. The molecule has 1 heterocycles. The van der Waals surface area contributed by atoms with Gasteiger partial charge in [-0.3, -0.25) is 9.59 Å². The minimum absolute atomic E-state index is 0.000959. The third-order valence-electron chi connectivity index (χ3n) is 4.66. The van der Waals surface area contributed by atoms with Crippen LogP contribution in [0.4, 0.5) is 0 Å². The molecule has 7 heteroatoms. The van der Waals surface area contributed by atoms with Gasteiger partial charge in [-0.15, -0.1) is 0 Å². The van der Waals surface area contributed by atoms with E-state index in [1.165, 1.54) is 19.1 Å². The zero-order valence-electron chi connectivity index (χ0n) is 15.5. The Labute approximate surface area is 167 Å². The zero-order valence-corrected chi connectivity index (χ0v) is 16.2. The lowest BCUT2D eigenvalue weighted by atomic mass is 9.95. The molecule has 1 atom stereocenters. The van der Waals surface area contributed by atoms with E-state index >= 15 is 0 Å². The number of rotatable bonds is 6. The van der Waals surface area contributed by atoms with Gasteiger partial charge in [0.15, 0.2) is 6.29 Å². The normalized spacial score (nSPS) is 18.9. The molecule has 28 heavy (non-hydrogen) atoms. The van der Waals surface area contributed by atoms with Gasteiger partial charge in [-0.1, -0.05) is 60.1 Å². The Kier molecular flexibility index (Phi) is 6.14. The van der Waals surface area contributed by atoms with Gasteiger partial charge in [-0.25, -0.2) is 0 Å². The van der Waals surface area contributed by atoms with E-state index in [4.69, 9.17) is 21.1 Å². The number of halogens is 1. The van der Waals surface area contributed by atoms with Gasteiger partial charge in [0.25, 0.3) is 11.7 Å². The predicted octanol–water partition coefficient (Wildman–Crippen LogP) is 3.38. The molecule has 0 aromatic heterocycles. The number of hydrogen-bond acceptors (Lipinski definition) is 5. The van der Waals surface area contributed by atoms with Crippen molar-refractivity contribution in [3.8, 4) is 0 Å². The van der Waals surface area contributed by atoms with Crippen LogP contribution in [0.3, 0.4) is 0 Å². The quantitative estimate of drug-likeness (QED) is 0.347.